The largest absolute Gasteiger partial charge is 0.497 e. The number of anilines is 2. The number of carbonyl (C=O) groups excluding carboxylic acids is 2. The number of methoxy groups -OCH3 is 1. The van der Waals surface area contributed by atoms with Gasteiger partial charge in [-0.1, -0.05) is 17.8 Å². The minimum atomic E-state index is -0.438. The number of nitrogens with one attached hydrogen (secondary N) is 2. The number of nitrogens with zero attached hydrogens (tertiary/aromatic N) is 3. The Morgan fingerprint density at radius 3 is 2.17 bits per heavy atom. The molecule has 2 amide bonds. The lowest BCUT2D eigenvalue weighted by Gasteiger charge is -2.20. The van der Waals surface area contributed by atoms with E-state index in [9.17, 15) is 9.59 Å². The zero-order valence-corrected chi connectivity index (χ0v) is 21.6. The Balaban J connectivity index is 1.70. The van der Waals surface area contributed by atoms with Crippen LogP contribution in [0.4, 0.5) is 11.4 Å². The fourth-order valence-electron chi connectivity index (χ4n) is 3.38. The van der Waals surface area contributed by atoms with Crippen LogP contribution in [-0.4, -0.2) is 38.9 Å². The van der Waals surface area contributed by atoms with Crippen molar-refractivity contribution in [2.24, 2.45) is 0 Å². The first-order valence-electron chi connectivity index (χ1n) is 11.3. The number of rotatable bonds is 10. The van der Waals surface area contributed by atoms with Gasteiger partial charge in [-0.25, -0.2) is 0 Å². The van der Waals surface area contributed by atoms with E-state index >= 15 is 0 Å². The van der Waals surface area contributed by atoms with E-state index in [0.717, 1.165) is 5.75 Å². The van der Waals surface area contributed by atoms with E-state index in [1.807, 2.05) is 56.5 Å². The second-order valence-corrected chi connectivity index (χ2v) is 9.56. The third-order valence-electron chi connectivity index (χ3n) is 5.05. The Morgan fingerprint density at radius 1 is 0.943 bits per heavy atom. The monoisotopic (exact) mass is 497 g/mol. The second kappa shape index (κ2) is 11.7. The minimum Gasteiger partial charge on any atom is -0.497 e. The van der Waals surface area contributed by atoms with E-state index in [-0.39, 0.29) is 24.0 Å². The molecule has 3 rings (SSSR count). The molecule has 1 aromatic heterocycles. The second-order valence-electron chi connectivity index (χ2n) is 8.25. The zero-order chi connectivity index (χ0) is 25.5. The van der Waals surface area contributed by atoms with Crippen molar-refractivity contribution >= 4 is 35.0 Å². The number of hydrogen-bond acceptors (Lipinski definition) is 7. The summed E-state index contributed by atoms with van der Waals surface area (Å²) < 4.78 is 13.3. The molecule has 0 aliphatic rings. The number of ether oxygens (including phenoxy) is 2. The summed E-state index contributed by atoms with van der Waals surface area (Å²) in [6, 6.07) is 14.4. The van der Waals surface area contributed by atoms with Crippen LogP contribution in [0.2, 0.25) is 0 Å². The molecule has 0 spiro atoms. The number of aromatic nitrogens is 3. The zero-order valence-electron chi connectivity index (χ0n) is 20.7. The maximum atomic E-state index is 12.9. The number of thioether (sulfide) groups is 1. The molecule has 2 unspecified atom stereocenters. The van der Waals surface area contributed by atoms with Gasteiger partial charge in [-0.3, -0.25) is 9.59 Å². The predicted octanol–water partition coefficient (Wildman–Crippen LogP) is 5.09. The minimum absolute atomic E-state index is 0.0639. The average molecular weight is 498 g/mol. The lowest BCUT2D eigenvalue weighted by atomic mass is 10.2. The summed E-state index contributed by atoms with van der Waals surface area (Å²) >= 11 is 1.33. The summed E-state index contributed by atoms with van der Waals surface area (Å²) in [6.45, 7) is 9.24. The van der Waals surface area contributed by atoms with Gasteiger partial charge in [0.25, 0.3) is 0 Å². The van der Waals surface area contributed by atoms with Gasteiger partial charge in [0.05, 0.1) is 12.4 Å². The van der Waals surface area contributed by atoms with E-state index < -0.39 is 5.25 Å². The van der Waals surface area contributed by atoms with Crippen molar-refractivity contribution in [1.29, 1.82) is 0 Å². The molecular weight excluding hydrogens is 466 g/mol. The van der Waals surface area contributed by atoms with E-state index in [4.69, 9.17) is 9.47 Å². The molecule has 0 bridgehead atoms. The summed E-state index contributed by atoms with van der Waals surface area (Å²) in [5, 5.41) is 14.5. The van der Waals surface area contributed by atoms with Gasteiger partial charge in [0.15, 0.2) is 17.1 Å². The van der Waals surface area contributed by atoms with E-state index in [1.54, 1.807) is 31.4 Å². The van der Waals surface area contributed by atoms with Crippen LogP contribution in [0.15, 0.2) is 53.7 Å². The third-order valence-corrected chi connectivity index (χ3v) is 6.10. The maximum Gasteiger partial charge on any atom is 0.237 e. The number of amides is 2. The van der Waals surface area contributed by atoms with Crippen molar-refractivity contribution in [2.45, 2.75) is 57.2 Å². The molecule has 0 saturated heterocycles. The molecule has 0 aliphatic heterocycles. The van der Waals surface area contributed by atoms with Gasteiger partial charge in [0.2, 0.25) is 11.8 Å². The van der Waals surface area contributed by atoms with Crippen molar-refractivity contribution in [2.75, 3.05) is 17.7 Å². The molecule has 9 nitrogen and oxygen atoms in total. The molecule has 3 aromatic rings. The van der Waals surface area contributed by atoms with E-state index in [2.05, 4.69) is 20.8 Å². The van der Waals surface area contributed by atoms with Gasteiger partial charge in [0, 0.05) is 24.3 Å². The van der Waals surface area contributed by atoms with Crippen LogP contribution in [0.25, 0.3) is 0 Å². The molecule has 10 heteroatoms. The Labute approximate surface area is 209 Å². The van der Waals surface area contributed by atoms with Gasteiger partial charge in [-0.15, -0.1) is 10.2 Å². The lowest BCUT2D eigenvalue weighted by molar-refractivity contribution is -0.115. The van der Waals surface area contributed by atoms with Crippen LogP contribution in [0, 0.1) is 0 Å². The Kier molecular flexibility index (Phi) is 8.75. The van der Waals surface area contributed by atoms with Crippen molar-refractivity contribution in [3.8, 4) is 11.5 Å². The highest BCUT2D eigenvalue weighted by Gasteiger charge is 2.25. The Morgan fingerprint density at radius 2 is 1.57 bits per heavy atom. The lowest BCUT2D eigenvalue weighted by Crippen LogP contribution is -2.23. The molecule has 2 aromatic carbocycles. The first-order chi connectivity index (χ1) is 16.7. The average Bonchev–Trinajstić information content (AvgIpc) is 3.23. The number of carbonyl (C=O) groups is 2. The van der Waals surface area contributed by atoms with Crippen LogP contribution in [0.5, 0.6) is 11.5 Å². The predicted molar refractivity (Wildman–Crippen MR) is 137 cm³/mol. The van der Waals surface area contributed by atoms with Crippen LogP contribution in [-0.2, 0) is 9.59 Å². The van der Waals surface area contributed by atoms with Gasteiger partial charge in [-0.05, 0) is 70.2 Å². The molecule has 1 heterocycles. The van der Waals surface area contributed by atoms with Crippen molar-refractivity contribution in [3.05, 3.63) is 54.4 Å². The molecule has 2 N–H and O–H groups in total. The van der Waals surface area contributed by atoms with Gasteiger partial charge < -0.3 is 24.7 Å². The molecule has 35 heavy (non-hydrogen) atoms. The Hall–Kier alpha value is -3.53. The van der Waals surface area contributed by atoms with Crippen LogP contribution < -0.4 is 20.1 Å². The molecular formula is C25H31N5O4S. The molecule has 0 saturated carbocycles. The topological polar surface area (TPSA) is 107 Å². The Bertz CT molecular complexity index is 1160. The summed E-state index contributed by atoms with van der Waals surface area (Å²) in [5.74, 6) is 1.76. The fraction of sp³-hybridized carbons (Fsp3) is 0.360. The van der Waals surface area contributed by atoms with Gasteiger partial charge in [-0.2, -0.15) is 0 Å². The summed E-state index contributed by atoms with van der Waals surface area (Å²) in [5.41, 5.74) is 1.21. The third kappa shape index (κ3) is 6.98. The van der Waals surface area contributed by atoms with Crippen molar-refractivity contribution in [1.82, 2.24) is 14.8 Å². The van der Waals surface area contributed by atoms with Crippen LogP contribution >= 0.6 is 11.8 Å². The summed E-state index contributed by atoms with van der Waals surface area (Å²) in [4.78, 5) is 24.1. The number of hydrogen-bond donors (Lipinski definition) is 2. The fourth-order valence-corrected chi connectivity index (χ4v) is 4.36. The highest BCUT2D eigenvalue weighted by atomic mass is 32.2. The quantitative estimate of drug-likeness (QED) is 0.376. The smallest absolute Gasteiger partial charge is 0.237 e. The molecule has 186 valence electrons. The highest BCUT2D eigenvalue weighted by Crippen LogP contribution is 2.30. The summed E-state index contributed by atoms with van der Waals surface area (Å²) in [6.07, 6.45) is -0.353. The van der Waals surface area contributed by atoms with Crippen molar-refractivity contribution < 1.29 is 19.1 Å². The van der Waals surface area contributed by atoms with E-state index in [0.29, 0.717) is 28.1 Å². The molecule has 2 atom stereocenters. The molecule has 0 radical (unpaired) electrons. The van der Waals surface area contributed by atoms with Crippen LogP contribution in [0.1, 0.15) is 52.6 Å². The van der Waals surface area contributed by atoms with Gasteiger partial charge in [0.1, 0.15) is 11.5 Å². The SMILES string of the molecule is COc1ccc(OC(C)c2nnc(SC(C)C(=O)Nc3cccc(NC(C)=O)c3)n2C(C)C)cc1. The van der Waals surface area contributed by atoms with Gasteiger partial charge >= 0.3 is 0 Å². The summed E-state index contributed by atoms with van der Waals surface area (Å²) in [7, 11) is 1.62. The first-order valence-corrected chi connectivity index (χ1v) is 12.2. The molecule has 0 aliphatic carbocycles. The highest BCUT2D eigenvalue weighted by molar-refractivity contribution is 8.00. The van der Waals surface area contributed by atoms with Crippen LogP contribution in [0.3, 0.4) is 0 Å². The van der Waals surface area contributed by atoms with Crippen molar-refractivity contribution in [3.63, 3.8) is 0 Å². The number of benzene rings is 2. The first kappa shape index (κ1) is 26.1. The van der Waals surface area contributed by atoms with E-state index in [1.165, 1.54) is 18.7 Å². The standard InChI is InChI=1S/C25H31N5O4S/c1-15(2)30-23(16(3)34-22-12-10-21(33-6)11-13-22)28-29-25(30)35-17(4)24(32)27-20-9-7-8-19(14-20)26-18(5)31/h7-17H,1-6H3,(H,26,31)(H,27,32). The normalized spacial score (nSPS) is 12.7. The maximum absolute atomic E-state index is 12.9. The molecule has 0 fully saturated rings.